The van der Waals surface area contributed by atoms with Crippen molar-refractivity contribution in [2.45, 2.75) is 63.5 Å². The van der Waals surface area contributed by atoms with E-state index in [1.54, 1.807) is 6.33 Å². The summed E-state index contributed by atoms with van der Waals surface area (Å²) in [7, 11) is 0. The summed E-state index contributed by atoms with van der Waals surface area (Å²) in [5, 5.41) is 7.22. The third kappa shape index (κ3) is 6.08. The van der Waals surface area contributed by atoms with E-state index in [9.17, 15) is 4.79 Å². The van der Waals surface area contributed by atoms with Gasteiger partial charge in [0.15, 0.2) is 0 Å². The number of amides is 1. The summed E-state index contributed by atoms with van der Waals surface area (Å²) in [6, 6.07) is 25.2. The molecule has 3 N–H and O–H groups in total. The molecular weight excluding hydrogens is 508 g/mol. The Morgan fingerprint density at radius 1 is 0.976 bits per heavy atom. The van der Waals surface area contributed by atoms with Crippen molar-refractivity contribution in [3.8, 4) is 5.75 Å². The number of H-pyrrole nitrogens is 1. The highest BCUT2D eigenvalue weighted by molar-refractivity contribution is 5.97. The Bertz CT molecular complexity index is 1430. The number of ether oxygens (including phenoxy) is 1. The molecule has 4 aromatic rings. The normalized spacial score (nSPS) is 18.6. The first kappa shape index (κ1) is 27.3. The molecule has 0 saturated heterocycles. The number of imidazole rings is 1. The Morgan fingerprint density at radius 2 is 1.78 bits per heavy atom. The van der Waals surface area contributed by atoms with Crippen LogP contribution in [0.1, 0.15) is 94.8 Å². The monoisotopic (exact) mass is 548 g/mol. The fraction of sp³-hybridized carbons (Fsp3) is 0.371. The number of aryl methyl sites for hydroxylation is 1. The number of hydrogen-bond donors (Lipinski definition) is 3. The molecular formula is C35H40N4O2. The van der Waals surface area contributed by atoms with Gasteiger partial charge in [-0.25, -0.2) is 4.98 Å². The highest BCUT2D eigenvalue weighted by Crippen LogP contribution is 2.42. The highest BCUT2D eigenvalue weighted by atomic mass is 16.5. The van der Waals surface area contributed by atoms with Crippen LogP contribution in [0.2, 0.25) is 0 Å². The summed E-state index contributed by atoms with van der Waals surface area (Å²) >= 11 is 0. The van der Waals surface area contributed by atoms with Crippen LogP contribution >= 0.6 is 0 Å². The zero-order valence-corrected chi connectivity index (χ0v) is 23.8. The third-order valence-corrected chi connectivity index (χ3v) is 8.85. The maximum atomic E-state index is 13.4. The molecule has 0 spiro atoms. The molecule has 3 unspecified atom stereocenters. The number of fused-ring (bicyclic) bond motifs is 1. The van der Waals surface area contributed by atoms with E-state index in [4.69, 9.17) is 4.74 Å². The maximum Gasteiger partial charge on any atom is 0.255 e. The molecule has 212 valence electrons. The molecule has 1 amide bonds. The topological polar surface area (TPSA) is 79.0 Å². The fourth-order valence-corrected chi connectivity index (χ4v) is 6.67. The van der Waals surface area contributed by atoms with Crippen LogP contribution in [0.5, 0.6) is 5.75 Å². The van der Waals surface area contributed by atoms with E-state index in [0.29, 0.717) is 23.8 Å². The van der Waals surface area contributed by atoms with E-state index in [1.807, 2.05) is 18.3 Å². The number of benzene rings is 3. The average Bonchev–Trinajstić information content (AvgIpc) is 3.56. The number of rotatable bonds is 9. The molecule has 1 fully saturated rings. The summed E-state index contributed by atoms with van der Waals surface area (Å²) in [6.07, 6.45) is 10.7. The quantitative estimate of drug-likeness (QED) is 0.210. The van der Waals surface area contributed by atoms with Crippen molar-refractivity contribution in [1.29, 1.82) is 0 Å². The number of nitrogens with one attached hydrogen (secondary N) is 3. The highest BCUT2D eigenvalue weighted by Gasteiger charge is 2.34. The minimum atomic E-state index is -0.0827. The van der Waals surface area contributed by atoms with Gasteiger partial charge in [0.05, 0.1) is 30.2 Å². The molecule has 0 bridgehead atoms. The lowest BCUT2D eigenvalue weighted by atomic mass is 9.81. The van der Waals surface area contributed by atoms with Crippen LogP contribution in [0.4, 0.5) is 0 Å². The molecule has 3 aromatic carbocycles. The Balaban J connectivity index is 1.32. The molecule has 2 aliphatic rings. The second kappa shape index (κ2) is 12.7. The van der Waals surface area contributed by atoms with Crippen LogP contribution in [0, 0.1) is 12.8 Å². The SMILES string of the molecule is Cc1ccccc1C(c1ccccc1)C(NC1CCOc2c(C(=O)NCC3CCCCC3)cccc21)c1cnc[nH]1. The second-order valence-electron chi connectivity index (χ2n) is 11.5. The smallest absolute Gasteiger partial charge is 0.255 e. The van der Waals surface area contributed by atoms with Crippen molar-refractivity contribution in [3.05, 3.63) is 119 Å². The fourth-order valence-electron chi connectivity index (χ4n) is 6.67. The van der Waals surface area contributed by atoms with Crippen LogP contribution in [-0.4, -0.2) is 29.0 Å². The molecule has 41 heavy (non-hydrogen) atoms. The summed E-state index contributed by atoms with van der Waals surface area (Å²) in [4.78, 5) is 21.2. The standard InChI is InChI=1S/C35H40N4O2/c1-24-11-8-9-16-27(24)32(26-14-6-3-7-15-26)33(31-22-36-23-38-31)39-30-19-20-41-34-28(30)17-10-18-29(34)35(40)37-21-25-12-4-2-5-13-25/h3,6-11,14-18,22-23,25,30,32-33,39H,2,4-5,12-13,19-21H2,1H3,(H,36,38)(H,37,40). The number of carbonyl (C=O) groups excluding carboxylic acids is 1. The van der Waals surface area contributed by atoms with Gasteiger partial charge in [0.25, 0.3) is 5.91 Å². The number of aromatic amines is 1. The lowest BCUT2D eigenvalue weighted by Gasteiger charge is -2.35. The Labute approximate surface area is 243 Å². The zero-order chi connectivity index (χ0) is 28.0. The van der Waals surface area contributed by atoms with Gasteiger partial charge < -0.3 is 20.4 Å². The van der Waals surface area contributed by atoms with Crippen molar-refractivity contribution in [3.63, 3.8) is 0 Å². The first-order chi connectivity index (χ1) is 20.2. The van der Waals surface area contributed by atoms with Gasteiger partial charge >= 0.3 is 0 Å². The number of hydrogen-bond acceptors (Lipinski definition) is 4. The molecule has 2 heterocycles. The van der Waals surface area contributed by atoms with Crippen LogP contribution in [0.3, 0.4) is 0 Å². The summed E-state index contributed by atoms with van der Waals surface area (Å²) in [6.45, 7) is 3.46. The van der Waals surface area contributed by atoms with Gasteiger partial charge in [-0.1, -0.05) is 86.0 Å². The number of carbonyl (C=O) groups is 1. The van der Waals surface area contributed by atoms with Crippen molar-refractivity contribution in [1.82, 2.24) is 20.6 Å². The minimum Gasteiger partial charge on any atom is -0.492 e. The van der Waals surface area contributed by atoms with Crippen LogP contribution < -0.4 is 15.4 Å². The molecule has 3 atom stereocenters. The maximum absolute atomic E-state index is 13.4. The van der Waals surface area contributed by atoms with Crippen LogP contribution in [0.15, 0.2) is 85.3 Å². The summed E-state index contributed by atoms with van der Waals surface area (Å²) in [5.41, 5.74) is 6.43. The van der Waals surface area contributed by atoms with Gasteiger partial charge in [-0.2, -0.15) is 0 Å². The van der Waals surface area contributed by atoms with Gasteiger partial charge in [-0.3, -0.25) is 4.79 Å². The lowest BCUT2D eigenvalue weighted by molar-refractivity contribution is 0.0937. The van der Waals surface area contributed by atoms with E-state index < -0.39 is 0 Å². The first-order valence-electron chi connectivity index (χ1n) is 15.1. The van der Waals surface area contributed by atoms with Crippen molar-refractivity contribution < 1.29 is 9.53 Å². The lowest BCUT2D eigenvalue weighted by Crippen LogP contribution is -2.35. The summed E-state index contributed by atoms with van der Waals surface area (Å²) in [5.74, 6) is 1.29. The molecule has 1 aliphatic carbocycles. The van der Waals surface area contributed by atoms with Crippen LogP contribution in [0.25, 0.3) is 0 Å². The number of para-hydroxylation sites is 1. The zero-order valence-electron chi connectivity index (χ0n) is 23.8. The van der Waals surface area contributed by atoms with E-state index in [0.717, 1.165) is 24.2 Å². The number of aromatic nitrogens is 2. The Morgan fingerprint density at radius 3 is 2.56 bits per heavy atom. The van der Waals surface area contributed by atoms with E-state index in [2.05, 4.69) is 88.2 Å². The Hall–Kier alpha value is -3.90. The molecule has 6 heteroatoms. The minimum absolute atomic E-state index is 0.00775. The predicted octanol–water partition coefficient (Wildman–Crippen LogP) is 7.01. The molecule has 1 saturated carbocycles. The average molecular weight is 549 g/mol. The largest absolute Gasteiger partial charge is 0.492 e. The van der Waals surface area contributed by atoms with Crippen molar-refractivity contribution in [2.75, 3.05) is 13.2 Å². The van der Waals surface area contributed by atoms with Gasteiger partial charge in [0.1, 0.15) is 5.75 Å². The first-order valence-corrected chi connectivity index (χ1v) is 15.1. The Kier molecular flexibility index (Phi) is 8.47. The van der Waals surface area contributed by atoms with Gasteiger partial charge in [0, 0.05) is 36.7 Å². The predicted molar refractivity (Wildman–Crippen MR) is 162 cm³/mol. The van der Waals surface area contributed by atoms with Gasteiger partial charge in [0.2, 0.25) is 0 Å². The van der Waals surface area contributed by atoms with Gasteiger partial charge in [-0.05, 0) is 48.4 Å². The second-order valence-corrected chi connectivity index (χ2v) is 11.5. The van der Waals surface area contributed by atoms with E-state index >= 15 is 0 Å². The third-order valence-electron chi connectivity index (χ3n) is 8.85. The summed E-state index contributed by atoms with van der Waals surface area (Å²) < 4.78 is 6.20. The molecule has 6 nitrogen and oxygen atoms in total. The molecule has 0 radical (unpaired) electrons. The van der Waals surface area contributed by atoms with Crippen LogP contribution in [-0.2, 0) is 0 Å². The van der Waals surface area contributed by atoms with E-state index in [-0.39, 0.29) is 23.9 Å². The van der Waals surface area contributed by atoms with E-state index in [1.165, 1.54) is 48.8 Å². The van der Waals surface area contributed by atoms with Gasteiger partial charge in [-0.15, -0.1) is 0 Å². The molecule has 6 rings (SSSR count). The molecule has 1 aromatic heterocycles. The number of nitrogens with zero attached hydrogens (tertiary/aromatic N) is 1. The van der Waals surface area contributed by atoms with Crippen molar-refractivity contribution in [2.24, 2.45) is 5.92 Å². The van der Waals surface area contributed by atoms with Crippen molar-refractivity contribution >= 4 is 5.91 Å². The molecule has 1 aliphatic heterocycles.